The van der Waals surface area contributed by atoms with E-state index in [0.717, 1.165) is 0 Å². The largest absolute Gasteiger partial charge is 0.492 e. The lowest BCUT2D eigenvalue weighted by atomic mass is 10.1. The van der Waals surface area contributed by atoms with Crippen molar-refractivity contribution >= 4 is 33.2 Å². The normalized spacial score (nSPS) is 20.4. The molecule has 0 saturated carbocycles. The van der Waals surface area contributed by atoms with E-state index in [0.29, 0.717) is 17.1 Å². The van der Waals surface area contributed by atoms with Crippen LogP contribution < -0.4 is 20.1 Å². The van der Waals surface area contributed by atoms with E-state index < -0.39 is 35.4 Å². The number of hydrogen-bond donors (Lipinski definition) is 3. The number of aromatic nitrogens is 2. The van der Waals surface area contributed by atoms with E-state index in [2.05, 4.69) is 25.3 Å². The number of sulfonamides is 1. The SMILES string of the molecule is [2H]C([2H])([2H])c1cnc(Nc2ccc(OCCN3C([2H])([2H])CCC3([2H])[2H])cc2)nc1Nc1cccc(S(=O)(=O)NC(C)(C)C)c1. The zero-order valence-corrected chi connectivity index (χ0v) is 21.8. The van der Waals surface area contributed by atoms with Gasteiger partial charge >= 0.3 is 0 Å². The Labute approximate surface area is 229 Å². The highest BCUT2D eigenvalue weighted by Gasteiger charge is 2.22. The molecule has 9 nitrogen and oxygen atoms in total. The Kier molecular flexibility index (Phi) is 5.86. The molecule has 3 N–H and O–H groups in total. The maximum atomic E-state index is 12.8. The molecule has 2 aromatic carbocycles. The smallest absolute Gasteiger partial charge is 0.241 e. The molecule has 1 fully saturated rings. The van der Waals surface area contributed by atoms with Crippen molar-refractivity contribution in [2.75, 3.05) is 36.8 Å². The van der Waals surface area contributed by atoms with Gasteiger partial charge in [-0.25, -0.2) is 18.1 Å². The van der Waals surface area contributed by atoms with Crippen LogP contribution in [0.15, 0.2) is 59.6 Å². The van der Waals surface area contributed by atoms with E-state index >= 15 is 0 Å². The number of aryl methyl sites for hydroxylation is 1. The third kappa shape index (κ3) is 7.88. The van der Waals surface area contributed by atoms with E-state index in [1.54, 1.807) is 51.1 Å². The molecule has 37 heavy (non-hydrogen) atoms. The minimum atomic E-state index is -3.84. The highest BCUT2D eigenvalue weighted by Crippen LogP contribution is 2.24. The van der Waals surface area contributed by atoms with Crippen LogP contribution in [-0.2, 0) is 10.0 Å². The van der Waals surface area contributed by atoms with Crippen molar-refractivity contribution in [2.45, 2.75) is 50.9 Å². The maximum absolute atomic E-state index is 12.8. The van der Waals surface area contributed by atoms with Crippen molar-refractivity contribution in [3.63, 3.8) is 0 Å². The number of nitrogens with one attached hydrogen (secondary N) is 3. The summed E-state index contributed by atoms with van der Waals surface area (Å²) in [6, 6.07) is 12.7. The summed E-state index contributed by atoms with van der Waals surface area (Å²) in [5.74, 6) is 0.556. The first-order chi connectivity index (χ1) is 20.3. The molecule has 1 aliphatic rings. The molecule has 0 atom stereocenters. The van der Waals surface area contributed by atoms with E-state index in [1.807, 2.05) is 0 Å². The van der Waals surface area contributed by atoms with Crippen LogP contribution in [-0.4, -0.2) is 55.0 Å². The molecular formula is C27H36N6O3S. The summed E-state index contributed by atoms with van der Waals surface area (Å²) in [6.07, 6.45) is 1.42. The van der Waals surface area contributed by atoms with Crippen molar-refractivity contribution in [1.29, 1.82) is 0 Å². The fourth-order valence-corrected chi connectivity index (χ4v) is 4.96. The van der Waals surface area contributed by atoms with Gasteiger partial charge in [0.05, 0.1) is 4.90 Å². The molecule has 1 saturated heterocycles. The van der Waals surface area contributed by atoms with Crippen molar-refractivity contribution in [2.24, 2.45) is 0 Å². The topological polar surface area (TPSA) is 108 Å². The molecule has 0 aliphatic carbocycles. The van der Waals surface area contributed by atoms with Gasteiger partial charge in [-0.3, -0.25) is 4.90 Å². The Morgan fingerprint density at radius 1 is 1.08 bits per heavy atom. The molecule has 2 heterocycles. The highest BCUT2D eigenvalue weighted by atomic mass is 32.2. The van der Waals surface area contributed by atoms with E-state index in [1.165, 1.54) is 29.3 Å². The molecule has 0 radical (unpaired) electrons. The van der Waals surface area contributed by atoms with Gasteiger partial charge in [0.15, 0.2) is 0 Å². The van der Waals surface area contributed by atoms with E-state index in [9.17, 15) is 8.42 Å². The standard InChI is InChI=1S/C27H36N6O3S/c1-20-19-28-26(30-21-10-12-23(13-11-21)36-17-16-33-14-5-6-15-33)31-25(20)29-22-8-7-9-24(18-22)37(34,35)32-27(2,3)4/h7-13,18-19,32H,5-6,14-17H2,1-4H3,(H2,28,29,30,31)/i1D3,14D2,15D2. The molecule has 0 amide bonds. The fourth-order valence-electron chi connectivity index (χ4n) is 3.49. The van der Waals surface area contributed by atoms with Gasteiger partial charge in [0.2, 0.25) is 16.0 Å². The summed E-state index contributed by atoms with van der Waals surface area (Å²) in [7, 11) is -3.84. The lowest BCUT2D eigenvalue weighted by molar-refractivity contribution is 0.238. The molecule has 198 valence electrons. The van der Waals surface area contributed by atoms with Crippen LogP contribution in [0.4, 0.5) is 23.1 Å². The summed E-state index contributed by atoms with van der Waals surface area (Å²) in [4.78, 5) is 9.69. The van der Waals surface area contributed by atoms with Gasteiger partial charge < -0.3 is 15.4 Å². The summed E-state index contributed by atoms with van der Waals surface area (Å²) in [6.45, 7) is -0.649. The van der Waals surface area contributed by atoms with Crippen LogP contribution >= 0.6 is 0 Å². The van der Waals surface area contributed by atoms with Crippen molar-refractivity contribution < 1.29 is 22.7 Å². The molecule has 1 aliphatic heterocycles. The fraction of sp³-hybridized carbons (Fsp3) is 0.407. The van der Waals surface area contributed by atoms with Crippen molar-refractivity contribution in [3.05, 3.63) is 60.3 Å². The summed E-state index contributed by atoms with van der Waals surface area (Å²) >= 11 is 0. The second kappa shape index (κ2) is 11.5. The Hall–Kier alpha value is -3.21. The van der Waals surface area contributed by atoms with Crippen LogP contribution in [0.3, 0.4) is 0 Å². The van der Waals surface area contributed by atoms with Crippen LogP contribution in [0, 0.1) is 6.85 Å². The molecule has 4 rings (SSSR count). The van der Waals surface area contributed by atoms with Crippen LogP contribution in [0.1, 0.15) is 48.8 Å². The average Bonchev–Trinajstić information content (AvgIpc) is 3.10. The maximum Gasteiger partial charge on any atom is 0.241 e. The first-order valence-corrected chi connectivity index (χ1v) is 13.3. The van der Waals surface area contributed by atoms with Gasteiger partial charge in [0, 0.05) is 44.8 Å². The van der Waals surface area contributed by atoms with Crippen LogP contribution in [0.25, 0.3) is 0 Å². The third-order valence-electron chi connectivity index (χ3n) is 5.06. The lowest BCUT2D eigenvalue weighted by Crippen LogP contribution is -2.40. The number of ether oxygens (including phenoxy) is 1. The number of rotatable bonds is 10. The second-order valence-corrected chi connectivity index (χ2v) is 11.1. The number of likely N-dealkylation sites (tertiary alicyclic amines) is 1. The van der Waals surface area contributed by atoms with E-state index in [4.69, 9.17) is 14.3 Å². The minimum absolute atomic E-state index is 0.000394. The molecule has 0 unspecified atom stereocenters. The predicted octanol–water partition coefficient (Wildman–Crippen LogP) is 4.82. The van der Waals surface area contributed by atoms with Gasteiger partial charge in [-0.05, 0) is 95.9 Å². The first-order valence-electron chi connectivity index (χ1n) is 15.3. The number of anilines is 4. The molecule has 1 aromatic heterocycles. The molecule has 3 aromatic rings. The molecule has 0 bridgehead atoms. The van der Waals surface area contributed by atoms with Gasteiger partial charge in [0.25, 0.3) is 0 Å². The predicted molar refractivity (Wildman–Crippen MR) is 147 cm³/mol. The molecule has 10 heteroatoms. The minimum Gasteiger partial charge on any atom is -0.492 e. The average molecular weight is 532 g/mol. The van der Waals surface area contributed by atoms with Crippen LogP contribution in [0.2, 0.25) is 0 Å². The Morgan fingerprint density at radius 3 is 2.54 bits per heavy atom. The first kappa shape index (κ1) is 18.9. The Morgan fingerprint density at radius 2 is 1.84 bits per heavy atom. The van der Waals surface area contributed by atoms with Gasteiger partial charge in [-0.1, -0.05) is 6.07 Å². The third-order valence-corrected chi connectivity index (χ3v) is 6.82. The molecule has 0 spiro atoms. The zero-order chi connectivity index (χ0) is 32.6. The quantitative estimate of drug-likeness (QED) is 0.342. The number of benzene rings is 2. The van der Waals surface area contributed by atoms with Crippen LogP contribution in [0.5, 0.6) is 5.75 Å². The monoisotopic (exact) mass is 531 g/mol. The Bertz CT molecular complexity index is 1560. The van der Waals surface area contributed by atoms with Gasteiger partial charge in [-0.2, -0.15) is 4.98 Å². The number of hydrogen-bond acceptors (Lipinski definition) is 8. The van der Waals surface area contributed by atoms with E-state index in [-0.39, 0.29) is 48.2 Å². The number of nitrogens with zero attached hydrogens (tertiary/aromatic N) is 3. The van der Waals surface area contributed by atoms with Crippen molar-refractivity contribution in [3.8, 4) is 5.75 Å². The summed E-state index contributed by atoms with van der Waals surface area (Å²) < 4.78 is 89.8. The van der Waals surface area contributed by atoms with Gasteiger partial charge in [-0.15, -0.1) is 0 Å². The highest BCUT2D eigenvalue weighted by molar-refractivity contribution is 7.89. The summed E-state index contributed by atoms with van der Waals surface area (Å²) in [5.41, 5.74) is 0.0308. The molecular weight excluding hydrogens is 488 g/mol. The van der Waals surface area contributed by atoms with Gasteiger partial charge in [0.1, 0.15) is 18.2 Å². The zero-order valence-electron chi connectivity index (χ0n) is 28.0. The van der Waals surface area contributed by atoms with Crippen molar-refractivity contribution in [1.82, 2.24) is 19.6 Å². The Balaban J connectivity index is 1.47. The lowest BCUT2D eigenvalue weighted by Gasteiger charge is -2.20. The second-order valence-electron chi connectivity index (χ2n) is 9.43. The summed E-state index contributed by atoms with van der Waals surface area (Å²) in [5, 5.41) is 5.93.